The highest BCUT2D eigenvalue weighted by molar-refractivity contribution is 9.09. The third kappa shape index (κ3) is 2.57. The summed E-state index contributed by atoms with van der Waals surface area (Å²) in [5.74, 6) is -0.140. The molecule has 1 aromatic rings. The second-order valence-corrected chi connectivity index (χ2v) is 5.14. The minimum Gasteiger partial charge on any atom is -0.345 e. The molecule has 0 aliphatic carbocycles. The van der Waals surface area contributed by atoms with Gasteiger partial charge in [0.2, 0.25) is 0 Å². The average molecular weight is 260 g/mol. The van der Waals surface area contributed by atoms with Crippen molar-refractivity contribution in [2.24, 2.45) is 0 Å². The van der Waals surface area contributed by atoms with E-state index in [4.69, 9.17) is 0 Å². The van der Waals surface area contributed by atoms with Crippen molar-refractivity contribution in [3.05, 3.63) is 18.0 Å². The molecule has 4 nitrogen and oxygen atoms in total. The van der Waals surface area contributed by atoms with Crippen molar-refractivity contribution in [2.45, 2.75) is 31.1 Å². The lowest BCUT2D eigenvalue weighted by atomic mass is 10.0. The lowest BCUT2D eigenvalue weighted by Crippen LogP contribution is -2.48. The molecule has 78 valence electrons. The number of hydrogen-bond acceptors (Lipinski definition) is 2. The van der Waals surface area contributed by atoms with Gasteiger partial charge in [-0.15, -0.1) is 0 Å². The van der Waals surface area contributed by atoms with Gasteiger partial charge in [0.15, 0.2) is 0 Å². The Balaban J connectivity index is 2.66. The van der Waals surface area contributed by atoms with Gasteiger partial charge >= 0.3 is 0 Å². The molecule has 5 heteroatoms. The van der Waals surface area contributed by atoms with Crippen molar-refractivity contribution in [3.8, 4) is 0 Å². The van der Waals surface area contributed by atoms with Crippen LogP contribution in [0.3, 0.4) is 0 Å². The molecule has 0 saturated carbocycles. The van der Waals surface area contributed by atoms with Crippen molar-refractivity contribution >= 4 is 21.8 Å². The van der Waals surface area contributed by atoms with Crippen LogP contribution in [0.1, 0.15) is 31.3 Å². The predicted molar refractivity (Wildman–Crippen MR) is 58.5 cm³/mol. The molecule has 1 unspecified atom stereocenters. The van der Waals surface area contributed by atoms with Crippen molar-refractivity contribution in [3.63, 3.8) is 0 Å². The number of alkyl halides is 1. The normalized spacial score (nSPS) is 13.7. The molecular weight excluding hydrogens is 246 g/mol. The van der Waals surface area contributed by atoms with Crippen LogP contribution in [-0.4, -0.2) is 26.5 Å². The van der Waals surface area contributed by atoms with Crippen LogP contribution in [0.2, 0.25) is 0 Å². The third-order valence-corrected chi connectivity index (χ3v) is 3.32. The molecule has 0 spiro atoms. The van der Waals surface area contributed by atoms with E-state index in [2.05, 4.69) is 31.4 Å². The predicted octanol–water partition coefficient (Wildman–Crippen LogP) is 1.70. The number of rotatable bonds is 3. The maximum atomic E-state index is 11.6. The number of amides is 1. The van der Waals surface area contributed by atoms with Gasteiger partial charge in [-0.05, 0) is 19.9 Å². The summed E-state index contributed by atoms with van der Waals surface area (Å²) in [5.41, 5.74) is 0.188. The first-order valence-corrected chi connectivity index (χ1v) is 5.31. The Labute approximate surface area is 91.6 Å². The highest BCUT2D eigenvalue weighted by Gasteiger charge is 2.26. The third-order valence-electron chi connectivity index (χ3n) is 2.18. The number of halogens is 1. The quantitative estimate of drug-likeness (QED) is 0.813. The molecule has 0 saturated heterocycles. The maximum absolute atomic E-state index is 11.6. The smallest absolute Gasteiger partial charge is 0.269 e. The molecule has 0 aliphatic rings. The van der Waals surface area contributed by atoms with Crippen molar-refractivity contribution < 1.29 is 4.79 Å². The number of carbonyl (C=O) groups is 1. The van der Waals surface area contributed by atoms with Crippen LogP contribution in [0.4, 0.5) is 0 Å². The number of carbonyl (C=O) groups excluding carboxylic acids is 1. The summed E-state index contributed by atoms with van der Waals surface area (Å²) in [4.78, 5) is 11.8. The van der Waals surface area contributed by atoms with Gasteiger partial charge in [-0.1, -0.05) is 22.9 Å². The van der Waals surface area contributed by atoms with E-state index in [1.54, 1.807) is 12.3 Å². The monoisotopic (exact) mass is 259 g/mol. The van der Waals surface area contributed by atoms with Crippen LogP contribution in [-0.2, 0) is 0 Å². The SMILES string of the molecule is CC(Br)C(C)(C)NC(=O)c1ccn[nH]1. The van der Waals surface area contributed by atoms with Crippen LogP contribution in [0.5, 0.6) is 0 Å². The Morgan fingerprint density at radius 2 is 2.36 bits per heavy atom. The standard InChI is InChI=1S/C9H14BrN3O/c1-6(10)9(2,3)12-8(14)7-4-5-11-13-7/h4-6H,1-3H3,(H,11,13)(H,12,14). The van der Waals surface area contributed by atoms with Crippen molar-refractivity contribution in [1.29, 1.82) is 0 Å². The second kappa shape index (κ2) is 4.13. The molecule has 1 aromatic heterocycles. The molecular formula is C9H14BrN3O. The number of aromatic nitrogens is 2. The van der Waals surface area contributed by atoms with Gasteiger partial charge in [0.05, 0.1) is 0 Å². The van der Waals surface area contributed by atoms with Gasteiger partial charge in [-0.25, -0.2) is 0 Å². The van der Waals surface area contributed by atoms with Crippen LogP contribution in [0, 0.1) is 0 Å². The van der Waals surface area contributed by atoms with Gasteiger partial charge in [0.25, 0.3) is 5.91 Å². The second-order valence-electron chi connectivity index (χ2n) is 3.76. The first kappa shape index (κ1) is 11.2. The van der Waals surface area contributed by atoms with Gasteiger partial charge < -0.3 is 5.32 Å². The molecule has 0 aromatic carbocycles. The first-order valence-electron chi connectivity index (χ1n) is 4.39. The maximum Gasteiger partial charge on any atom is 0.269 e. The van der Waals surface area contributed by atoms with Crippen LogP contribution in [0.25, 0.3) is 0 Å². The molecule has 1 rings (SSSR count). The van der Waals surface area contributed by atoms with E-state index in [1.165, 1.54) is 0 Å². The zero-order valence-electron chi connectivity index (χ0n) is 8.47. The molecule has 1 atom stereocenters. The van der Waals surface area contributed by atoms with E-state index >= 15 is 0 Å². The number of hydrogen-bond donors (Lipinski definition) is 2. The Kier molecular flexibility index (Phi) is 3.31. The lowest BCUT2D eigenvalue weighted by Gasteiger charge is -2.28. The van der Waals surface area contributed by atoms with Gasteiger partial charge in [0, 0.05) is 16.6 Å². The summed E-state index contributed by atoms with van der Waals surface area (Å²) >= 11 is 3.45. The molecule has 14 heavy (non-hydrogen) atoms. The zero-order valence-corrected chi connectivity index (χ0v) is 10.1. The van der Waals surface area contributed by atoms with Crippen LogP contribution in [0.15, 0.2) is 12.3 Å². The van der Waals surface area contributed by atoms with E-state index in [0.717, 1.165) is 0 Å². The number of aromatic amines is 1. The van der Waals surface area contributed by atoms with E-state index in [1.807, 2.05) is 20.8 Å². The highest BCUT2D eigenvalue weighted by Crippen LogP contribution is 2.16. The van der Waals surface area contributed by atoms with Gasteiger partial charge in [0.1, 0.15) is 5.69 Å². The Morgan fingerprint density at radius 1 is 1.71 bits per heavy atom. The fourth-order valence-corrected chi connectivity index (χ4v) is 0.956. The first-order chi connectivity index (χ1) is 6.43. The molecule has 0 fully saturated rings. The summed E-state index contributed by atoms with van der Waals surface area (Å²) in [7, 11) is 0. The fourth-order valence-electron chi connectivity index (χ4n) is 0.842. The van der Waals surface area contributed by atoms with Crippen LogP contribution >= 0.6 is 15.9 Å². The fraction of sp³-hybridized carbons (Fsp3) is 0.556. The lowest BCUT2D eigenvalue weighted by molar-refractivity contribution is 0.0908. The van der Waals surface area contributed by atoms with E-state index in [-0.39, 0.29) is 16.3 Å². The molecule has 2 N–H and O–H groups in total. The number of nitrogens with zero attached hydrogens (tertiary/aromatic N) is 1. The molecule has 0 aliphatic heterocycles. The summed E-state index contributed by atoms with van der Waals surface area (Å²) in [6, 6.07) is 1.64. The summed E-state index contributed by atoms with van der Waals surface area (Å²) in [6.45, 7) is 5.91. The van der Waals surface area contributed by atoms with E-state index in [0.29, 0.717) is 5.69 Å². The summed E-state index contributed by atoms with van der Waals surface area (Å²) in [6.07, 6.45) is 1.56. The summed E-state index contributed by atoms with van der Waals surface area (Å²) < 4.78 is 0. The molecule has 0 radical (unpaired) electrons. The molecule has 1 amide bonds. The van der Waals surface area contributed by atoms with E-state index < -0.39 is 0 Å². The Bertz CT molecular complexity index is 306. The van der Waals surface area contributed by atoms with Crippen molar-refractivity contribution in [1.82, 2.24) is 15.5 Å². The Morgan fingerprint density at radius 3 is 2.79 bits per heavy atom. The minimum atomic E-state index is -0.289. The van der Waals surface area contributed by atoms with Gasteiger partial charge in [-0.3, -0.25) is 9.89 Å². The number of nitrogens with one attached hydrogen (secondary N) is 2. The minimum absolute atomic E-state index is 0.140. The average Bonchev–Trinajstić information content (AvgIpc) is 2.54. The Hall–Kier alpha value is -0.840. The van der Waals surface area contributed by atoms with Crippen molar-refractivity contribution in [2.75, 3.05) is 0 Å². The van der Waals surface area contributed by atoms with E-state index in [9.17, 15) is 4.79 Å². The summed E-state index contributed by atoms with van der Waals surface area (Å²) in [5, 5.41) is 9.24. The molecule has 0 bridgehead atoms. The highest BCUT2D eigenvalue weighted by atomic mass is 79.9. The molecule has 1 heterocycles. The largest absolute Gasteiger partial charge is 0.345 e. The van der Waals surface area contributed by atoms with Gasteiger partial charge in [-0.2, -0.15) is 5.10 Å². The zero-order chi connectivity index (χ0) is 10.8. The topological polar surface area (TPSA) is 57.8 Å². The number of H-pyrrole nitrogens is 1. The van der Waals surface area contributed by atoms with Crippen LogP contribution < -0.4 is 5.32 Å².